The zero-order valence-corrected chi connectivity index (χ0v) is 18.8. The molecule has 4 heterocycles. The average molecular weight is 435 g/mol. The minimum atomic E-state index is 0.0134. The molecule has 31 heavy (non-hydrogen) atoms. The van der Waals surface area contributed by atoms with Crippen LogP contribution in [0.4, 0.5) is 5.69 Å². The predicted octanol–water partition coefficient (Wildman–Crippen LogP) is 3.07. The zero-order valence-electron chi connectivity index (χ0n) is 18.0. The SMILES string of the molecule is Cc1cc(N2CCN(Cc3nc4sc5c(c4c(=O)[nH]3)CCCC5)CC2)c(C#N)c(C)n1. The van der Waals surface area contributed by atoms with Crippen molar-refractivity contribution >= 4 is 27.2 Å². The van der Waals surface area contributed by atoms with E-state index < -0.39 is 0 Å². The maximum absolute atomic E-state index is 12.8. The van der Waals surface area contributed by atoms with Gasteiger partial charge in [-0.3, -0.25) is 14.7 Å². The van der Waals surface area contributed by atoms with Crippen LogP contribution in [0.3, 0.4) is 0 Å². The van der Waals surface area contributed by atoms with E-state index in [2.05, 4.69) is 25.8 Å². The van der Waals surface area contributed by atoms with Crippen molar-refractivity contribution in [2.45, 2.75) is 46.1 Å². The van der Waals surface area contributed by atoms with Gasteiger partial charge in [-0.25, -0.2) is 4.98 Å². The molecule has 0 radical (unpaired) electrons. The molecule has 0 saturated carbocycles. The molecule has 0 spiro atoms. The fourth-order valence-corrected chi connectivity index (χ4v) is 6.12. The van der Waals surface area contributed by atoms with Crippen LogP contribution >= 0.6 is 11.3 Å². The summed E-state index contributed by atoms with van der Waals surface area (Å²) in [4.78, 5) is 31.9. The second-order valence-corrected chi connectivity index (χ2v) is 9.61. The lowest BCUT2D eigenvalue weighted by atomic mass is 9.97. The van der Waals surface area contributed by atoms with Crippen molar-refractivity contribution in [1.82, 2.24) is 19.9 Å². The van der Waals surface area contributed by atoms with E-state index in [9.17, 15) is 10.1 Å². The molecular weight excluding hydrogens is 408 g/mol. The lowest BCUT2D eigenvalue weighted by Crippen LogP contribution is -2.46. The van der Waals surface area contributed by atoms with Crippen molar-refractivity contribution in [1.29, 1.82) is 5.26 Å². The second kappa shape index (κ2) is 8.06. The van der Waals surface area contributed by atoms with Crippen molar-refractivity contribution in [3.8, 4) is 6.07 Å². The number of aryl methyl sites for hydroxylation is 4. The number of hydrogen-bond acceptors (Lipinski definition) is 7. The van der Waals surface area contributed by atoms with Crippen molar-refractivity contribution in [3.63, 3.8) is 0 Å². The molecule has 0 amide bonds. The number of anilines is 1. The molecule has 160 valence electrons. The van der Waals surface area contributed by atoms with Gasteiger partial charge in [-0.15, -0.1) is 11.3 Å². The topological polar surface area (TPSA) is 88.9 Å². The van der Waals surface area contributed by atoms with Gasteiger partial charge in [0.25, 0.3) is 5.56 Å². The Hall–Kier alpha value is -2.76. The maximum Gasteiger partial charge on any atom is 0.259 e. The molecule has 0 aromatic carbocycles. The van der Waals surface area contributed by atoms with Crippen LogP contribution in [-0.4, -0.2) is 46.0 Å². The van der Waals surface area contributed by atoms with Crippen LogP contribution in [0, 0.1) is 25.2 Å². The summed E-state index contributed by atoms with van der Waals surface area (Å²) in [5.74, 6) is 0.748. The molecule has 1 saturated heterocycles. The molecule has 1 aliphatic heterocycles. The molecule has 1 N–H and O–H groups in total. The highest BCUT2D eigenvalue weighted by Gasteiger charge is 2.23. The largest absolute Gasteiger partial charge is 0.368 e. The highest BCUT2D eigenvalue weighted by atomic mass is 32.1. The Labute approximate surface area is 185 Å². The Morgan fingerprint density at radius 2 is 1.94 bits per heavy atom. The summed E-state index contributed by atoms with van der Waals surface area (Å²) in [6.45, 7) is 7.87. The van der Waals surface area contributed by atoms with E-state index in [-0.39, 0.29) is 5.56 Å². The van der Waals surface area contributed by atoms with Crippen LogP contribution < -0.4 is 10.5 Å². The Morgan fingerprint density at radius 3 is 2.71 bits per heavy atom. The number of aromatic nitrogens is 3. The fourth-order valence-electron chi connectivity index (χ4n) is 4.84. The number of nitriles is 1. The Morgan fingerprint density at radius 1 is 1.16 bits per heavy atom. The third kappa shape index (κ3) is 3.73. The van der Waals surface area contributed by atoms with Gasteiger partial charge in [0.1, 0.15) is 16.7 Å². The zero-order chi connectivity index (χ0) is 21.5. The molecule has 8 heteroatoms. The van der Waals surface area contributed by atoms with Crippen LogP contribution in [0.5, 0.6) is 0 Å². The summed E-state index contributed by atoms with van der Waals surface area (Å²) in [5.41, 5.74) is 4.61. The lowest BCUT2D eigenvalue weighted by molar-refractivity contribution is 0.244. The van der Waals surface area contributed by atoms with Gasteiger partial charge < -0.3 is 9.88 Å². The maximum atomic E-state index is 12.8. The molecule has 7 nitrogen and oxygen atoms in total. The first-order chi connectivity index (χ1) is 15.0. The normalized spacial score (nSPS) is 17.0. The lowest BCUT2D eigenvalue weighted by Gasteiger charge is -2.36. The quantitative estimate of drug-likeness (QED) is 0.682. The Bertz CT molecular complexity index is 1250. The first-order valence-electron chi connectivity index (χ1n) is 10.9. The minimum absolute atomic E-state index is 0.0134. The molecule has 3 aromatic heterocycles. The summed E-state index contributed by atoms with van der Waals surface area (Å²) in [6, 6.07) is 4.32. The third-order valence-corrected chi connectivity index (χ3v) is 7.57. The molecule has 0 bridgehead atoms. The second-order valence-electron chi connectivity index (χ2n) is 8.52. The Balaban J connectivity index is 1.32. The van der Waals surface area contributed by atoms with E-state index >= 15 is 0 Å². The number of nitrogens with one attached hydrogen (secondary N) is 1. The van der Waals surface area contributed by atoms with E-state index in [1.807, 2.05) is 19.9 Å². The van der Waals surface area contributed by atoms with E-state index in [4.69, 9.17) is 4.98 Å². The number of thiophene rings is 1. The summed E-state index contributed by atoms with van der Waals surface area (Å²) in [7, 11) is 0. The van der Waals surface area contributed by atoms with Gasteiger partial charge in [-0.1, -0.05) is 0 Å². The van der Waals surface area contributed by atoms with Crippen LogP contribution in [0.15, 0.2) is 10.9 Å². The number of hydrogen-bond donors (Lipinski definition) is 1. The standard InChI is InChI=1S/C23H26N6OS/c1-14-11-18(17(12-24)15(2)25-14)29-9-7-28(8-10-29)13-20-26-22(30)21-16-5-3-4-6-19(16)31-23(21)27-20/h11H,3-10,13H2,1-2H3,(H,26,27,30). The van der Waals surface area contributed by atoms with Gasteiger partial charge in [0.05, 0.1) is 28.9 Å². The predicted molar refractivity (Wildman–Crippen MR) is 123 cm³/mol. The van der Waals surface area contributed by atoms with E-state index in [0.29, 0.717) is 12.1 Å². The molecule has 1 fully saturated rings. The smallest absolute Gasteiger partial charge is 0.259 e. The molecule has 5 rings (SSSR count). The van der Waals surface area contributed by atoms with Crippen LogP contribution in [0.2, 0.25) is 0 Å². The van der Waals surface area contributed by atoms with Gasteiger partial charge in [-0.2, -0.15) is 5.26 Å². The van der Waals surface area contributed by atoms with Gasteiger partial charge >= 0.3 is 0 Å². The average Bonchev–Trinajstić information content (AvgIpc) is 3.12. The van der Waals surface area contributed by atoms with Gasteiger partial charge in [-0.05, 0) is 51.2 Å². The molecular formula is C23H26N6OS. The molecule has 1 aliphatic carbocycles. The Kier molecular flexibility index (Phi) is 5.24. The number of rotatable bonds is 3. The molecule has 0 atom stereocenters. The number of piperazine rings is 1. The van der Waals surface area contributed by atoms with Crippen LogP contribution in [0.25, 0.3) is 10.2 Å². The highest BCUT2D eigenvalue weighted by Crippen LogP contribution is 2.33. The monoisotopic (exact) mass is 434 g/mol. The first kappa shape index (κ1) is 20.2. The number of nitrogens with zero attached hydrogens (tertiary/aromatic N) is 5. The summed E-state index contributed by atoms with van der Waals surface area (Å²) in [6.07, 6.45) is 4.44. The summed E-state index contributed by atoms with van der Waals surface area (Å²) < 4.78 is 0. The molecule has 3 aromatic rings. The first-order valence-corrected chi connectivity index (χ1v) is 11.7. The van der Waals surface area contributed by atoms with E-state index in [1.165, 1.54) is 16.9 Å². The summed E-state index contributed by atoms with van der Waals surface area (Å²) >= 11 is 1.70. The number of pyridine rings is 1. The van der Waals surface area contributed by atoms with Crippen LogP contribution in [-0.2, 0) is 19.4 Å². The van der Waals surface area contributed by atoms with Crippen molar-refractivity contribution in [3.05, 3.63) is 49.6 Å². The van der Waals surface area contributed by atoms with Crippen molar-refractivity contribution in [2.75, 3.05) is 31.1 Å². The number of aromatic amines is 1. The van der Waals surface area contributed by atoms with E-state index in [0.717, 1.165) is 78.6 Å². The van der Waals surface area contributed by atoms with Crippen molar-refractivity contribution < 1.29 is 0 Å². The van der Waals surface area contributed by atoms with Crippen LogP contribution in [0.1, 0.15) is 46.1 Å². The third-order valence-electron chi connectivity index (χ3n) is 6.38. The highest BCUT2D eigenvalue weighted by molar-refractivity contribution is 7.18. The molecule has 2 aliphatic rings. The minimum Gasteiger partial charge on any atom is -0.368 e. The fraction of sp³-hybridized carbons (Fsp3) is 0.478. The van der Waals surface area contributed by atoms with Gasteiger partial charge in [0, 0.05) is 36.8 Å². The molecule has 0 unspecified atom stereocenters. The van der Waals surface area contributed by atoms with E-state index in [1.54, 1.807) is 11.3 Å². The number of H-pyrrole nitrogens is 1. The number of fused-ring (bicyclic) bond motifs is 3. The summed E-state index contributed by atoms with van der Waals surface area (Å²) in [5, 5.41) is 10.4. The van der Waals surface area contributed by atoms with Gasteiger partial charge in [0.15, 0.2) is 0 Å². The van der Waals surface area contributed by atoms with Gasteiger partial charge in [0.2, 0.25) is 0 Å². The van der Waals surface area contributed by atoms with Crippen molar-refractivity contribution in [2.24, 2.45) is 0 Å².